The van der Waals surface area contributed by atoms with E-state index in [4.69, 9.17) is 0 Å². The fraction of sp³-hybridized carbons (Fsp3) is 1.00. The first-order valence-electron chi connectivity index (χ1n) is 7.33. The number of aliphatic hydroxyl groups excluding tert-OH is 2. The predicted octanol–water partition coefficient (Wildman–Crippen LogP) is 1.94. The van der Waals surface area contributed by atoms with Gasteiger partial charge in [-0.15, -0.1) is 0 Å². The zero-order valence-corrected chi connectivity index (χ0v) is 11.9. The Morgan fingerprint density at radius 2 is 1.89 bits per heavy atom. The van der Waals surface area contributed by atoms with Crippen LogP contribution in [0.5, 0.6) is 0 Å². The minimum Gasteiger partial charge on any atom is -0.396 e. The molecule has 0 spiro atoms. The van der Waals surface area contributed by atoms with Gasteiger partial charge in [0.05, 0.1) is 11.7 Å². The molecular weight excluding hydrogens is 228 g/mol. The Bertz CT molecular complexity index is 302. The van der Waals surface area contributed by atoms with Gasteiger partial charge in [-0.1, -0.05) is 20.3 Å². The number of aliphatic hydroxyl groups is 3. The Labute approximate surface area is 110 Å². The van der Waals surface area contributed by atoms with Crippen LogP contribution in [0.3, 0.4) is 0 Å². The van der Waals surface area contributed by atoms with E-state index in [2.05, 4.69) is 6.92 Å². The number of hydrogen-bond acceptors (Lipinski definition) is 3. The summed E-state index contributed by atoms with van der Waals surface area (Å²) in [6.07, 6.45) is 4.47. The van der Waals surface area contributed by atoms with E-state index in [0.717, 1.165) is 32.1 Å². The third kappa shape index (κ3) is 2.21. The van der Waals surface area contributed by atoms with Crippen molar-refractivity contribution in [3.8, 4) is 0 Å². The molecule has 0 aromatic rings. The Hall–Kier alpha value is -0.120. The van der Waals surface area contributed by atoms with E-state index in [1.807, 2.05) is 13.8 Å². The molecule has 0 bridgehead atoms. The summed E-state index contributed by atoms with van der Waals surface area (Å²) in [5.41, 5.74) is -0.701. The molecule has 0 radical (unpaired) electrons. The molecule has 0 aliphatic heterocycles. The first kappa shape index (κ1) is 14.3. The van der Waals surface area contributed by atoms with Crippen molar-refractivity contribution in [1.82, 2.24) is 0 Å². The second-order valence-corrected chi connectivity index (χ2v) is 7.20. The highest BCUT2D eigenvalue weighted by molar-refractivity contribution is 5.05. The fourth-order valence-electron chi connectivity index (χ4n) is 4.64. The summed E-state index contributed by atoms with van der Waals surface area (Å²) in [5, 5.41) is 30.7. The number of rotatable bonds is 2. The summed E-state index contributed by atoms with van der Waals surface area (Å²) in [6, 6.07) is 0. The minimum atomic E-state index is -0.764. The molecular formula is C15H28O3. The summed E-state index contributed by atoms with van der Waals surface area (Å²) in [6.45, 7) is 6.21. The maximum atomic E-state index is 10.7. The van der Waals surface area contributed by atoms with E-state index in [0.29, 0.717) is 0 Å². The average Bonchev–Trinajstić information content (AvgIpc) is 2.26. The van der Waals surface area contributed by atoms with Crippen LogP contribution in [0.1, 0.15) is 52.9 Å². The third-order valence-electron chi connectivity index (χ3n) is 5.70. The smallest absolute Gasteiger partial charge is 0.0677 e. The van der Waals surface area contributed by atoms with Gasteiger partial charge in [0.15, 0.2) is 0 Å². The molecule has 6 atom stereocenters. The van der Waals surface area contributed by atoms with Gasteiger partial charge >= 0.3 is 0 Å². The van der Waals surface area contributed by atoms with Crippen LogP contribution < -0.4 is 0 Å². The summed E-state index contributed by atoms with van der Waals surface area (Å²) < 4.78 is 0. The zero-order valence-electron chi connectivity index (χ0n) is 11.9. The van der Waals surface area contributed by atoms with Gasteiger partial charge in [-0.2, -0.15) is 0 Å². The lowest BCUT2D eigenvalue weighted by Crippen LogP contribution is -2.59. The second kappa shape index (κ2) is 4.77. The molecule has 0 unspecified atom stereocenters. The number of hydrogen-bond donors (Lipinski definition) is 3. The van der Waals surface area contributed by atoms with Crippen LogP contribution in [-0.4, -0.2) is 33.6 Å². The molecule has 3 nitrogen and oxygen atoms in total. The minimum absolute atomic E-state index is 0.0495. The van der Waals surface area contributed by atoms with Gasteiger partial charge in [-0.25, -0.2) is 0 Å². The first-order chi connectivity index (χ1) is 8.32. The molecule has 0 aromatic carbocycles. The largest absolute Gasteiger partial charge is 0.396 e. The lowest BCUT2D eigenvalue weighted by Gasteiger charge is -2.57. The Morgan fingerprint density at radius 3 is 2.50 bits per heavy atom. The Morgan fingerprint density at radius 1 is 1.22 bits per heavy atom. The third-order valence-corrected chi connectivity index (χ3v) is 5.70. The van der Waals surface area contributed by atoms with E-state index in [-0.39, 0.29) is 29.8 Å². The lowest BCUT2D eigenvalue weighted by molar-refractivity contribution is -0.186. The topological polar surface area (TPSA) is 60.7 Å². The maximum Gasteiger partial charge on any atom is 0.0677 e. The second-order valence-electron chi connectivity index (χ2n) is 7.20. The molecule has 0 heterocycles. The molecule has 106 valence electrons. The van der Waals surface area contributed by atoms with E-state index in [9.17, 15) is 15.3 Å². The van der Waals surface area contributed by atoms with Crippen LogP contribution in [0.2, 0.25) is 0 Å². The molecule has 3 heteroatoms. The quantitative estimate of drug-likeness (QED) is 0.707. The molecule has 0 amide bonds. The van der Waals surface area contributed by atoms with E-state index < -0.39 is 11.7 Å². The zero-order chi connectivity index (χ0) is 13.6. The summed E-state index contributed by atoms with van der Waals surface area (Å²) >= 11 is 0. The standard InChI is InChI=1S/C15H28O3/c1-10(9-16)11-5-8-14(2)6-4-7-15(3,18)13(14)12(11)17/h10-13,16-18H,4-9H2,1-3H3/t10-,11+,12+,13-,14-,15-/m1/s1. The summed E-state index contributed by atoms with van der Waals surface area (Å²) in [5.74, 6) is 0.187. The van der Waals surface area contributed by atoms with Gasteiger partial charge in [0, 0.05) is 12.5 Å². The van der Waals surface area contributed by atoms with Gasteiger partial charge in [0.2, 0.25) is 0 Å². The van der Waals surface area contributed by atoms with Crippen LogP contribution in [0.15, 0.2) is 0 Å². The molecule has 18 heavy (non-hydrogen) atoms. The van der Waals surface area contributed by atoms with Gasteiger partial charge in [0.1, 0.15) is 0 Å². The van der Waals surface area contributed by atoms with Crippen molar-refractivity contribution in [3.05, 3.63) is 0 Å². The lowest BCUT2D eigenvalue weighted by atomic mass is 9.51. The van der Waals surface area contributed by atoms with Crippen LogP contribution in [0.25, 0.3) is 0 Å². The van der Waals surface area contributed by atoms with Gasteiger partial charge in [-0.05, 0) is 49.9 Å². The highest BCUT2D eigenvalue weighted by atomic mass is 16.3. The van der Waals surface area contributed by atoms with Crippen molar-refractivity contribution in [2.75, 3.05) is 6.61 Å². The fourth-order valence-corrected chi connectivity index (χ4v) is 4.64. The molecule has 0 saturated heterocycles. The summed E-state index contributed by atoms with van der Waals surface area (Å²) in [4.78, 5) is 0. The predicted molar refractivity (Wildman–Crippen MR) is 71.1 cm³/mol. The van der Waals surface area contributed by atoms with Crippen LogP contribution in [0.4, 0.5) is 0 Å². The first-order valence-corrected chi connectivity index (χ1v) is 7.33. The van der Waals surface area contributed by atoms with E-state index >= 15 is 0 Å². The normalized spacial score (nSPS) is 50.7. The van der Waals surface area contributed by atoms with E-state index in [1.165, 1.54) is 0 Å². The Kier molecular flexibility index (Phi) is 3.79. The SMILES string of the molecule is C[C@H](CO)[C@@H]1CC[C@@]2(C)CCC[C@@](C)(O)[C@@H]2[C@H]1O. The monoisotopic (exact) mass is 256 g/mol. The molecule has 2 saturated carbocycles. The van der Waals surface area contributed by atoms with Crippen molar-refractivity contribution in [2.24, 2.45) is 23.2 Å². The Balaban J connectivity index is 2.26. The van der Waals surface area contributed by atoms with Crippen molar-refractivity contribution in [1.29, 1.82) is 0 Å². The van der Waals surface area contributed by atoms with Crippen LogP contribution in [-0.2, 0) is 0 Å². The molecule has 2 aliphatic carbocycles. The maximum absolute atomic E-state index is 10.7. The molecule has 2 aliphatic rings. The van der Waals surface area contributed by atoms with Crippen LogP contribution >= 0.6 is 0 Å². The molecule has 0 aromatic heterocycles. The summed E-state index contributed by atoms with van der Waals surface area (Å²) in [7, 11) is 0. The van der Waals surface area contributed by atoms with Gasteiger partial charge in [0.25, 0.3) is 0 Å². The molecule has 2 fully saturated rings. The van der Waals surface area contributed by atoms with Gasteiger partial charge < -0.3 is 15.3 Å². The van der Waals surface area contributed by atoms with Gasteiger partial charge in [-0.3, -0.25) is 0 Å². The van der Waals surface area contributed by atoms with E-state index in [1.54, 1.807) is 0 Å². The molecule has 3 N–H and O–H groups in total. The van der Waals surface area contributed by atoms with Crippen LogP contribution in [0, 0.1) is 23.2 Å². The highest BCUT2D eigenvalue weighted by Crippen LogP contribution is 2.56. The highest BCUT2D eigenvalue weighted by Gasteiger charge is 2.55. The van der Waals surface area contributed by atoms with Crippen molar-refractivity contribution < 1.29 is 15.3 Å². The number of fused-ring (bicyclic) bond motifs is 1. The van der Waals surface area contributed by atoms with Crippen molar-refractivity contribution in [2.45, 2.75) is 64.6 Å². The molecule has 2 rings (SSSR count). The average molecular weight is 256 g/mol. The van der Waals surface area contributed by atoms with Crippen molar-refractivity contribution >= 4 is 0 Å². The van der Waals surface area contributed by atoms with Crippen molar-refractivity contribution in [3.63, 3.8) is 0 Å².